The van der Waals surface area contributed by atoms with Gasteiger partial charge in [-0.3, -0.25) is 9.00 Å². The third-order valence-corrected chi connectivity index (χ3v) is 2.73. The normalized spacial score (nSPS) is 16.4. The second-order valence-corrected chi connectivity index (χ2v) is 7.05. The number of carbonyl (C=O) groups excluding carboxylic acids is 1. The Morgan fingerprint density at radius 1 is 1.62 bits per heavy atom. The van der Waals surface area contributed by atoms with Crippen LogP contribution >= 0.6 is 15.9 Å². The van der Waals surface area contributed by atoms with Crippen LogP contribution < -0.4 is 5.32 Å². The zero-order chi connectivity index (χ0) is 10.6. The van der Waals surface area contributed by atoms with Crippen molar-refractivity contribution in [2.45, 2.75) is 31.1 Å². The van der Waals surface area contributed by atoms with Gasteiger partial charge in [0.15, 0.2) is 0 Å². The first kappa shape index (κ1) is 13.1. The van der Waals surface area contributed by atoms with Gasteiger partial charge >= 0.3 is 0 Å². The van der Waals surface area contributed by atoms with Crippen LogP contribution in [0.4, 0.5) is 0 Å². The molecule has 0 saturated carbocycles. The molecule has 3 nitrogen and oxygen atoms in total. The molecule has 2 unspecified atom stereocenters. The van der Waals surface area contributed by atoms with Gasteiger partial charge < -0.3 is 5.32 Å². The maximum atomic E-state index is 11.4. The molecule has 0 aromatic carbocycles. The first-order valence-corrected chi connectivity index (χ1v) is 6.55. The zero-order valence-electron chi connectivity index (χ0n) is 8.39. The number of rotatable bonds is 4. The van der Waals surface area contributed by atoms with Crippen LogP contribution in [-0.2, 0) is 15.6 Å². The fourth-order valence-corrected chi connectivity index (χ4v) is 1.69. The molecule has 0 spiro atoms. The molecular weight excluding hydrogens is 254 g/mol. The number of carbonyl (C=O) groups is 1. The molecule has 0 rings (SSSR count). The van der Waals surface area contributed by atoms with Crippen LogP contribution in [0.5, 0.6) is 0 Å². The number of alkyl halides is 1. The lowest BCUT2D eigenvalue weighted by Crippen LogP contribution is -2.44. The molecule has 0 radical (unpaired) electrons. The van der Waals surface area contributed by atoms with Crippen molar-refractivity contribution in [2.75, 3.05) is 12.0 Å². The zero-order valence-corrected chi connectivity index (χ0v) is 10.8. The van der Waals surface area contributed by atoms with Crippen LogP contribution in [0.15, 0.2) is 0 Å². The second kappa shape index (κ2) is 5.10. The highest BCUT2D eigenvalue weighted by Gasteiger charge is 2.24. The van der Waals surface area contributed by atoms with Crippen molar-refractivity contribution in [3.05, 3.63) is 0 Å². The molecule has 0 aliphatic heterocycles. The summed E-state index contributed by atoms with van der Waals surface area (Å²) in [7, 11) is -0.869. The maximum Gasteiger partial charge on any atom is 0.236 e. The molecule has 1 N–H and O–H groups in total. The van der Waals surface area contributed by atoms with Crippen molar-refractivity contribution in [1.82, 2.24) is 5.32 Å². The summed E-state index contributed by atoms with van der Waals surface area (Å²) in [6.07, 6.45) is 1.63. The van der Waals surface area contributed by atoms with Crippen LogP contribution in [0, 0.1) is 0 Å². The van der Waals surface area contributed by atoms with Gasteiger partial charge in [-0.2, -0.15) is 0 Å². The minimum Gasteiger partial charge on any atom is -0.352 e. The van der Waals surface area contributed by atoms with Crippen molar-refractivity contribution in [3.63, 3.8) is 0 Å². The minimum absolute atomic E-state index is 0.0461. The third-order valence-electron chi connectivity index (χ3n) is 1.40. The summed E-state index contributed by atoms with van der Waals surface area (Å²) < 4.78 is 10.3. The number of halogens is 1. The first-order valence-electron chi connectivity index (χ1n) is 4.03. The smallest absolute Gasteiger partial charge is 0.236 e. The SMILES string of the molecule is CC(CS(C)=O)NC(=O)C(C)(C)Br. The van der Waals surface area contributed by atoms with Gasteiger partial charge in [0, 0.05) is 28.9 Å². The van der Waals surface area contributed by atoms with E-state index in [1.807, 2.05) is 6.92 Å². The van der Waals surface area contributed by atoms with Crippen molar-refractivity contribution < 1.29 is 9.00 Å². The quantitative estimate of drug-likeness (QED) is 0.776. The Labute approximate surface area is 90.2 Å². The van der Waals surface area contributed by atoms with Crippen LogP contribution in [0.3, 0.4) is 0 Å². The highest BCUT2D eigenvalue weighted by molar-refractivity contribution is 9.10. The van der Waals surface area contributed by atoms with E-state index >= 15 is 0 Å². The molecule has 0 fully saturated rings. The van der Waals surface area contributed by atoms with Gasteiger partial charge in [0.05, 0.1) is 4.32 Å². The molecule has 0 aliphatic carbocycles. The van der Waals surface area contributed by atoms with Crippen LogP contribution in [0.25, 0.3) is 0 Å². The number of hydrogen-bond acceptors (Lipinski definition) is 2. The molecule has 2 atom stereocenters. The van der Waals surface area contributed by atoms with E-state index in [4.69, 9.17) is 0 Å². The summed E-state index contributed by atoms with van der Waals surface area (Å²) >= 11 is 3.25. The maximum absolute atomic E-state index is 11.4. The Morgan fingerprint density at radius 3 is 2.38 bits per heavy atom. The Bertz CT molecular complexity index is 213. The molecule has 0 bridgehead atoms. The average molecular weight is 270 g/mol. The standard InChI is InChI=1S/C8H16BrNO2S/c1-6(5-13(4)12)10-7(11)8(2,3)9/h6H,5H2,1-4H3,(H,10,11). The largest absolute Gasteiger partial charge is 0.352 e. The van der Waals surface area contributed by atoms with Crippen LogP contribution in [-0.4, -0.2) is 32.5 Å². The van der Waals surface area contributed by atoms with Crippen molar-refractivity contribution in [1.29, 1.82) is 0 Å². The minimum atomic E-state index is -0.869. The van der Waals surface area contributed by atoms with E-state index in [2.05, 4.69) is 21.2 Å². The van der Waals surface area contributed by atoms with Gasteiger partial charge in [-0.25, -0.2) is 0 Å². The molecule has 0 aliphatic rings. The van der Waals surface area contributed by atoms with Gasteiger partial charge in [0.2, 0.25) is 5.91 Å². The summed E-state index contributed by atoms with van der Waals surface area (Å²) in [5.74, 6) is 0.417. The fourth-order valence-electron chi connectivity index (χ4n) is 0.789. The number of hydrogen-bond donors (Lipinski definition) is 1. The van der Waals surface area contributed by atoms with Crippen molar-refractivity contribution >= 4 is 32.6 Å². The monoisotopic (exact) mass is 269 g/mol. The van der Waals surface area contributed by atoms with Crippen molar-refractivity contribution in [3.8, 4) is 0 Å². The molecular formula is C8H16BrNO2S. The second-order valence-electron chi connectivity index (χ2n) is 3.59. The Balaban J connectivity index is 4.00. The average Bonchev–Trinajstić information content (AvgIpc) is 1.82. The third kappa shape index (κ3) is 6.21. The first-order chi connectivity index (χ1) is 5.73. The van der Waals surface area contributed by atoms with Gasteiger partial charge in [-0.05, 0) is 20.8 Å². The Hall–Kier alpha value is 0.1000. The van der Waals surface area contributed by atoms with E-state index in [0.29, 0.717) is 5.75 Å². The van der Waals surface area contributed by atoms with Crippen LogP contribution in [0.2, 0.25) is 0 Å². The molecule has 5 heteroatoms. The van der Waals surface area contributed by atoms with E-state index in [0.717, 1.165) is 0 Å². The van der Waals surface area contributed by atoms with E-state index in [-0.39, 0.29) is 11.9 Å². The Kier molecular flexibility index (Phi) is 5.14. The molecule has 0 aromatic rings. The van der Waals surface area contributed by atoms with Gasteiger partial charge in [0.1, 0.15) is 0 Å². The predicted octanol–water partition coefficient (Wildman–Crippen LogP) is 1.04. The van der Waals surface area contributed by atoms with E-state index in [1.165, 1.54) is 0 Å². The van der Waals surface area contributed by atoms with Crippen molar-refractivity contribution in [2.24, 2.45) is 0 Å². The van der Waals surface area contributed by atoms with Gasteiger partial charge in [-0.15, -0.1) is 0 Å². The van der Waals surface area contributed by atoms with Gasteiger partial charge in [-0.1, -0.05) is 15.9 Å². The molecule has 0 heterocycles. The van der Waals surface area contributed by atoms with E-state index in [1.54, 1.807) is 20.1 Å². The van der Waals surface area contributed by atoms with E-state index < -0.39 is 15.1 Å². The summed E-state index contributed by atoms with van der Waals surface area (Å²) in [5.41, 5.74) is 0. The lowest BCUT2D eigenvalue weighted by molar-refractivity contribution is -0.122. The van der Waals surface area contributed by atoms with Crippen LogP contribution in [0.1, 0.15) is 20.8 Å². The van der Waals surface area contributed by atoms with Gasteiger partial charge in [0.25, 0.3) is 0 Å². The summed E-state index contributed by atoms with van der Waals surface area (Å²) in [6, 6.07) is -0.0461. The fraction of sp³-hybridized carbons (Fsp3) is 0.875. The summed E-state index contributed by atoms with van der Waals surface area (Å²) in [5, 5.41) is 2.77. The lowest BCUT2D eigenvalue weighted by Gasteiger charge is -2.19. The van der Waals surface area contributed by atoms with E-state index in [9.17, 15) is 9.00 Å². The molecule has 78 valence electrons. The molecule has 0 saturated heterocycles. The Morgan fingerprint density at radius 2 is 2.08 bits per heavy atom. The summed E-state index contributed by atoms with van der Waals surface area (Å²) in [4.78, 5) is 11.4. The predicted molar refractivity (Wildman–Crippen MR) is 59.5 cm³/mol. The highest BCUT2D eigenvalue weighted by Crippen LogP contribution is 2.15. The topological polar surface area (TPSA) is 46.2 Å². The highest BCUT2D eigenvalue weighted by atomic mass is 79.9. The lowest BCUT2D eigenvalue weighted by atomic mass is 10.2. The number of nitrogens with one attached hydrogen (secondary N) is 1. The molecule has 0 aromatic heterocycles. The number of amides is 1. The summed E-state index contributed by atoms with van der Waals surface area (Å²) in [6.45, 7) is 5.40. The molecule has 13 heavy (non-hydrogen) atoms. The molecule has 1 amide bonds.